The van der Waals surface area contributed by atoms with E-state index in [0.717, 1.165) is 32.4 Å². The van der Waals surface area contributed by atoms with Gasteiger partial charge in [0.1, 0.15) is 5.82 Å². The fourth-order valence-corrected chi connectivity index (χ4v) is 3.28. The van der Waals surface area contributed by atoms with Gasteiger partial charge >= 0.3 is 0 Å². The second-order valence-electron chi connectivity index (χ2n) is 6.30. The first kappa shape index (κ1) is 19.2. The van der Waals surface area contributed by atoms with Gasteiger partial charge < -0.3 is 10.1 Å². The highest BCUT2D eigenvalue weighted by Crippen LogP contribution is 2.26. The molecule has 1 N–H and O–H groups in total. The van der Waals surface area contributed by atoms with E-state index in [1.54, 1.807) is 19.2 Å². The summed E-state index contributed by atoms with van der Waals surface area (Å²) in [5.41, 5.74) is 0.579. The fourth-order valence-electron chi connectivity index (χ4n) is 3.06. The molecule has 0 saturated carbocycles. The molecule has 0 unspecified atom stereocenters. The van der Waals surface area contributed by atoms with E-state index >= 15 is 0 Å². The third kappa shape index (κ3) is 6.04. The van der Waals surface area contributed by atoms with Crippen molar-refractivity contribution >= 4 is 17.5 Å². The van der Waals surface area contributed by atoms with Crippen LogP contribution in [-0.2, 0) is 16.1 Å². The SMILES string of the molecule is COCCNC(=O)CCC1CCN(Cc2c(F)cccc2Cl)CC1. The molecule has 1 amide bonds. The highest BCUT2D eigenvalue weighted by atomic mass is 35.5. The quantitative estimate of drug-likeness (QED) is 0.727. The van der Waals surface area contributed by atoms with Crippen LogP contribution in [0.15, 0.2) is 18.2 Å². The van der Waals surface area contributed by atoms with Gasteiger partial charge in [-0.2, -0.15) is 0 Å². The first-order valence-corrected chi connectivity index (χ1v) is 8.89. The molecule has 0 atom stereocenters. The minimum absolute atomic E-state index is 0.0904. The molecule has 0 aromatic heterocycles. The van der Waals surface area contributed by atoms with Crippen LogP contribution in [0.4, 0.5) is 4.39 Å². The summed E-state index contributed by atoms with van der Waals surface area (Å²) in [6.07, 6.45) is 3.55. The van der Waals surface area contributed by atoms with Gasteiger partial charge in [0, 0.05) is 37.2 Å². The number of ether oxygens (including phenoxy) is 1. The van der Waals surface area contributed by atoms with E-state index in [4.69, 9.17) is 16.3 Å². The predicted octanol–water partition coefficient (Wildman–Crippen LogP) is 3.23. The van der Waals surface area contributed by atoms with Crippen molar-refractivity contribution in [1.29, 1.82) is 0 Å². The first-order valence-electron chi connectivity index (χ1n) is 8.51. The molecule has 1 aliphatic heterocycles. The monoisotopic (exact) mass is 356 g/mol. The third-order valence-corrected chi connectivity index (χ3v) is 4.91. The van der Waals surface area contributed by atoms with Crippen LogP contribution in [0.1, 0.15) is 31.2 Å². The van der Waals surface area contributed by atoms with Gasteiger partial charge in [0.15, 0.2) is 0 Å². The van der Waals surface area contributed by atoms with E-state index in [1.807, 2.05) is 0 Å². The standard InChI is InChI=1S/C18H26ClFN2O2/c1-24-12-9-21-18(23)6-5-14-7-10-22(11-8-14)13-15-16(19)3-2-4-17(15)20/h2-4,14H,5-13H2,1H3,(H,21,23). The summed E-state index contributed by atoms with van der Waals surface area (Å²) in [5, 5.41) is 3.34. The summed E-state index contributed by atoms with van der Waals surface area (Å²) in [4.78, 5) is 13.9. The van der Waals surface area contributed by atoms with Crippen molar-refractivity contribution in [1.82, 2.24) is 10.2 Å². The number of benzene rings is 1. The lowest BCUT2D eigenvalue weighted by molar-refractivity contribution is -0.121. The highest BCUT2D eigenvalue weighted by molar-refractivity contribution is 6.31. The zero-order valence-corrected chi connectivity index (χ0v) is 14.9. The van der Waals surface area contributed by atoms with E-state index in [2.05, 4.69) is 10.2 Å². The maximum absolute atomic E-state index is 13.9. The Labute approximate surface area is 148 Å². The average molecular weight is 357 g/mol. The topological polar surface area (TPSA) is 41.6 Å². The average Bonchev–Trinajstić information content (AvgIpc) is 2.58. The van der Waals surface area contributed by atoms with Gasteiger partial charge in [-0.05, 0) is 50.4 Å². The van der Waals surface area contributed by atoms with Crippen molar-refractivity contribution in [2.24, 2.45) is 5.92 Å². The van der Waals surface area contributed by atoms with E-state index < -0.39 is 0 Å². The molecule has 0 spiro atoms. The lowest BCUT2D eigenvalue weighted by atomic mass is 9.92. The van der Waals surface area contributed by atoms with Crippen LogP contribution >= 0.6 is 11.6 Å². The number of piperidine rings is 1. The zero-order valence-electron chi connectivity index (χ0n) is 14.2. The molecule has 0 radical (unpaired) electrons. The number of nitrogens with one attached hydrogen (secondary N) is 1. The Bertz CT molecular complexity index is 514. The van der Waals surface area contributed by atoms with Crippen molar-refractivity contribution in [2.75, 3.05) is 33.4 Å². The summed E-state index contributed by atoms with van der Waals surface area (Å²) in [7, 11) is 1.62. The van der Waals surface area contributed by atoms with Crippen molar-refractivity contribution in [2.45, 2.75) is 32.2 Å². The Morgan fingerprint density at radius 2 is 2.17 bits per heavy atom. The predicted molar refractivity (Wildman–Crippen MR) is 93.5 cm³/mol. The van der Waals surface area contributed by atoms with Crippen molar-refractivity contribution < 1.29 is 13.9 Å². The van der Waals surface area contributed by atoms with Gasteiger partial charge in [0.25, 0.3) is 0 Å². The Morgan fingerprint density at radius 1 is 1.42 bits per heavy atom. The molecule has 0 aliphatic carbocycles. The minimum atomic E-state index is -0.239. The van der Waals surface area contributed by atoms with Gasteiger partial charge in [0.05, 0.1) is 6.61 Å². The van der Waals surface area contributed by atoms with Gasteiger partial charge in [0.2, 0.25) is 5.91 Å². The highest BCUT2D eigenvalue weighted by Gasteiger charge is 2.21. The number of likely N-dealkylation sites (tertiary alicyclic amines) is 1. The van der Waals surface area contributed by atoms with Crippen LogP contribution in [0.3, 0.4) is 0 Å². The Morgan fingerprint density at radius 3 is 2.83 bits per heavy atom. The van der Waals surface area contributed by atoms with Crippen LogP contribution in [0.2, 0.25) is 5.02 Å². The Hall–Kier alpha value is -1.17. The lowest BCUT2D eigenvalue weighted by Gasteiger charge is -2.32. The van der Waals surface area contributed by atoms with E-state index in [1.165, 1.54) is 6.07 Å². The number of hydrogen-bond acceptors (Lipinski definition) is 3. The molecule has 1 aliphatic rings. The van der Waals surface area contributed by atoms with Crippen LogP contribution in [0.5, 0.6) is 0 Å². The summed E-state index contributed by atoms with van der Waals surface area (Å²) >= 11 is 6.09. The molecule has 6 heteroatoms. The Kier molecular flexibility index (Phi) is 7.95. The number of rotatable bonds is 8. The van der Waals surface area contributed by atoms with Gasteiger partial charge in [-0.3, -0.25) is 9.69 Å². The minimum Gasteiger partial charge on any atom is -0.383 e. The van der Waals surface area contributed by atoms with Crippen molar-refractivity contribution in [3.8, 4) is 0 Å². The molecule has 1 aromatic rings. The van der Waals surface area contributed by atoms with Crippen molar-refractivity contribution in [3.05, 3.63) is 34.6 Å². The summed E-state index contributed by atoms with van der Waals surface area (Å²) in [6, 6.07) is 4.82. The molecule has 24 heavy (non-hydrogen) atoms. The number of carbonyl (C=O) groups is 1. The molecule has 4 nitrogen and oxygen atoms in total. The molecule has 1 aromatic carbocycles. The maximum Gasteiger partial charge on any atom is 0.220 e. The largest absolute Gasteiger partial charge is 0.383 e. The zero-order chi connectivity index (χ0) is 17.4. The molecule has 1 fully saturated rings. The lowest BCUT2D eigenvalue weighted by Crippen LogP contribution is -2.34. The molecule has 2 rings (SSSR count). The van der Waals surface area contributed by atoms with E-state index in [-0.39, 0.29) is 11.7 Å². The number of methoxy groups -OCH3 is 1. The van der Waals surface area contributed by atoms with Crippen LogP contribution in [-0.4, -0.2) is 44.2 Å². The number of amides is 1. The normalized spacial score (nSPS) is 16.3. The fraction of sp³-hybridized carbons (Fsp3) is 0.611. The molecule has 1 saturated heterocycles. The summed E-state index contributed by atoms with van der Waals surface area (Å²) in [5.74, 6) is 0.412. The summed E-state index contributed by atoms with van der Waals surface area (Å²) in [6.45, 7) is 3.50. The Balaban J connectivity index is 1.69. The van der Waals surface area contributed by atoms with Crippen LogP contribution in [0.25, 0.3) is 0 Å². The maximum atomic E-state index is 13.9. The number of carbonyl (C=O) groups excluding carboxylic acids is 1. The number of halogens is 2. The summed E-state index contributed by atoms with van der Waals surface area (Å²) < 4.78 is 18.8. The van der Waals surface area contributed by atoms with Crippen molar-refractivity contribution in [3.63, 3.8) is 0 Å². The van der Waals surface area contributed by atoms with Gasteiger partial charge in [-0.15, -0.1) is 0 Å². The second kappa shape index (κ2) is 9.97. The van der Waals surface area contributed by atoms with E-state index in [0.29, 0.717) is 42.6 Å². The smallest absolute Gasteiger partial charge is 0.220 e. The van der Waals surface area contributed by atoms with Gasteiger partial charge in [-0.25, -0.2) is 4.39 Å². The third-order valence-electron chi connectivity index (χ3n) is 4.56. The van der Waals surface area contributed by atoms with Crippen LogP contribution in [0, 0.1) is 11.7 Å². The first-order chi connectivity index (χ1) is 11.6. The molecule has 134 valence electrons. The second-order valence-corrected chi connectivity index (χ2v) is 6.71. The number of hydrogen-bond donors (Lipinski definition) is 1. The molecule has 0 bridgehead atoms. The van der Waals surface area contributed by atoms with E-state index in [9.17, 15) is 9.18 Å². The molecule has 1 heterocycles. The molecular formula is C18H26ClFN2O2. The molecular weight excluding hydrogens is 331 g/mol. The number of nitrogens with zero attached hydrogens (tertiary/aromatic N) is 1. The van der Waals surface area contributed by atoms with Gasteiger partial charge in [-0.1, -0.05) is 17.7 Å². The van der Waals surface area contributed by atoms with Crippen LogP contribution < -0.4 is 5.32 Å².